The summed E-state index contributed by atoms with van der Waals surface area (Å²) < 4.78 is 18.9. The summed E-state index contributed by atoms with van der Waals surface area (Å²) in [5.74, 6) is 0.857. The van der Waals surface area contributed by atoms with Gasteiger partial charge in [-0.05, 0) is 68.0 Å². The Morgan fingerprint density at radius 3 is 2.46 bits per heavy atom. The van der Waals surface area contributed by atoms with E-state index in [9.17, 15) is 9.18 Å². The van der Waals surface area contributed by atoms with Gasteiger partial charge in [-0.15, -0.1) is 0 Å². The Morgan fingerprint density at radius 1 is 1.19 bits per heavy atom. The molecule has 4 nitrogen and oxygen atoms in total. The van der Waals surface area contributed by atoms with Crippen LogP contribution in [0.2, 0.25) is 0 Å². The van der Waals surface area contributed by atoms with Crippen LogP contribution in [0.1, 0.15) is 36.9 Å². The number of aryl methyl sites for hydroxylation is 1. The molecule has 0 saturated heterocycles. The number of ether oxygens (including phenoxy) is 1. The number of carbonyl (C=O) groups is 1. The summed E-state index contributed by atoms with van der Waals surface area (Å²) in [6.45, 7) is 3.53. The summed E-state index contributed by atoms with van der Waals surface area (Å²) in [4.78, 5) is 12.5. The Bertz CT molecular complexity index is 772. The topological polar surface area (TPSA) is 50.4 Å². The molecule has 2 unspecified atom stereocenters. The molecule has 0 bridgehead atoms. The molecule has 3 rings (SSSR count). The Morgan fingerprint density at radius 2 is 1.88 bits per heavy atom. The van der Waals surface area contributed by atoms with Crippen molar-refractivity contribution in [1.82, 2.24) is 5.32 Å². The molecular formula is C21H25FN2O2. The molecule has 5 heteroatoms. The standard InChI is InChI=1S/C21H25FN2O2/c1-13-4-9-17(12-19(13)22)24-21(25)14(2)23-20(15-5-6-15)16-7-10-18(26-3)11-8-16/h4,7-12,14-15,20,23H,5-6H2,1-3H3,(H,24,25). The molecule has 2 N–H and O–H groups in total. The predicted molar refractivity (Wildman–Crippen MR) is 101 cm³/mol. The Labute approximate surface area is 153 Å². The maximum atomic E-state index is 13.7. The van der Waals surface area contributed by atoms with Gasteiger partial charge in [-0.3, -0.25) is 10.1 Å². The van der Waals surface area contributed by atoms with E-state index in [0.29, 0.717) is 17.2 Å². The minimum atomic E-state index is -0.396. The van der Waals surface area contributed by atoms with Crippen LogP contribution in [-0.4, -0.2) is 19.1 Å². The third kappa shape index (κ3) is 4.41. The molecule has 0 aliphatic heterocycles. The van der Waals surface area contributed by atoms with Crippen LogP contribution in [0.3, 0.4) is 0 Å². The van der Waals surface area contributed by atoms with Crippen LogP contribution in [0.4, 0.5) is 10.1 Å². The van der Waals surface area contributed by atoms with Crippen molar-refractivity contribution in [3.8, 4) is 5.75 Å². The van der Waals surface area contributed by atoms with Crippen molar-refractivity contribution in [1.29, 1.82) is 0 Å². The fraction of sp³-hybridized carbons (Fsp3) is 0.381. The highest BCUT2D eigenvalue weighted by Gasteiger charge is 2.34. The second-order valence-electron chi connectivity index (χ2n) is 6.93. The molecule has 0 heterocycles. The van der Waals surface area contributed by atoms with Crippen molar-refractivity contribution in [3.63, 3.8) is 0 Å². The van der Waals surface area contributed by atoms with Gasteiger partial charge in [0.2, 0.25) is 5.91 Å². The number of hydrogen-bond donors (Lipinski definition) is 2. The lowest BCUT2D eigenvalue weighted by Crippen LogP contribution is -2.41. The molecule has 1 saturated carbocycles. The molecule has 1 aliphatic carbocycles. The van der Waals surface area contributed by atoms with Crippen LogP contribution in [-0.2, 0) is 4.79 Å². The van der Waals surface area contributed by atoms with Gasteiger partial charge >= 0.3 is 0 Å². The van der Waals surface area contributed by atoms with Crippen LogP contribution < -0.4 is 15.4 Å². The normalized spacial score (nSPS) is 16.0. The van der Waals surface area contributed by atoms with Crippen molar-refractivity contribution >= 4 is 11.6 Å². The molecule has 0 spiro atoms. The molecule has 1 amide bonds. The van der Waals surface area contributed by atoms with Gasteiger partial charge in [-0.25, -0.2) is 4.39 Å². The van der Waals surface area contributed by atoms with Crippen molar-refractivity contribution in [2.75, 3.05) is 12.4 Å². The van der Waals surface area contributed by atoms with Gasteiger partial charge in [0.15, 0.2) is 0 Å². The molecule has 1 aliphatic rings. The van der Waals surface area contributed by atoms with E-state index in [2.05, 4.69) is 10.6 Å². The zero-order valence-electron chi connectivity index (χ0n) is 15.4. The van der Waals surface area contributed by atoms with Gasteiger partial charge in [0, 0.05) is 11.7 Å². The van der Waals surface area contributed by atoms with Gasteiger partial charge in [0.1, 0.15) is 11.6 Å². The number of amides is 1. The second kappa shape index (κ2) is 7.87. The summed E-state index contributed by atoms with van der Waals surface area (Å²) in [5.41, 5.74) is 2.18. The van der Waals surface area contributed by atoms with Crippen LogP contribution in [0.25, 0.3) is 0 Å². The first-order valence-corrected chi connectivity index (χ1v) is 8.95. The average molecular weight is 356 g/mol. The van der Waals surface area contributed by atoms with E-state index in [0.717, 1.165) is 24.2 Å². The monoisotopic (exact) mass is 356 g/mol. The predicted octanol–water partition coefficient (Wildman–Crippen LogP) is 4.21. The highest BCUT2D eigenvalue weighted by molar-refractivity contribution is 5.94. The molecular weight excluding hydrogens is 331 g/mol. The third-order valence-corrected chi connectivity index (χ3v) is 4.83. The number of nitrogens with one attached hydrogen (secondary N) is 2. The highest BCUT2D eigenvalue weighted by Crippen LogP contribution is 2.41. The first-order valence-electron chi connectivity index (χ1n) is 8.95. The quantitative estimate of drug-likeness (QED) is 0.781. The van der Waals surface area contributed by atoms with Gasteiger partial charge in [-0.2, -0.15) is 0 Å². The van der Waals surface area contributed by atoms with E-state index in [1.54, 1.807) is 26.2 Å². The van der Waals surface area contributed by atoms with Crippen LogP contribution in [0.5, 0.6) is 5.75 Å². The molecule has 0 aromatic heterocycles. The number of halogens is 1. The Kier molecular flexibility index (Phi) is 5.57. The van der Waals surface area contributed by atoms with Crippen molar-refractivity contribution in [2.24, 2.45) is 5.92 Å². The summed E-state index contributed by atoms with van der Waals surface area (Å²) >= 11 is 0. The molecule has 1 fully saturated rings. The Balaban J connectivity index is 1.66. The number of anilines is 1. The van der Waals surface area contributed by atoms with Gasteiger partial charge in [-0.1, -0.05) is 18.2 Å². The largest absolute Gasteiger partial charge is 0.497 e. The van der Waals surface area contributed by atoms with Crippen LogP contribution >= 0.6 is 0 Å². The van der Waals surface area contributed by atoms with E-state index in [4.69, 9.17) is 4.74 Å². The lowest BCUT2D eigenvalue weighted by Gasteiger charge is -2.23. The maximum absolute atomic E-state index is 13.7. The SMILES string of the molecule is COc1ccc(C(NC(C)C(=O)Nc2ccc(C)c(F)c2)C2CC2)cc1. The minimum Gasteiger partial charge on any atom is -0.497 e. The molecule has 2 aromatic carbocycles. The summed E-state index contributed by atoms with van der Waals surface area (Å²) in [6.07, 6.45) is 2.31. The molecule has 2 atom stereocenters. The van der Waals surface area contributed by atoms with E-state index >= 15 is 0 Å². The number of hydrogen-bond acceptors (Lipinski definition) is 3. The van der Waals surface area contributed by atoms with Crippen molar-refractivity contribution < 1.29 is 13.9 Å². The number of rotatable bonds is 7. The van der Waals surface area contributed by atoms with E-state index in [1.807, 2.05) is 31.2 Å². The number of benzene rings is 2. The zero-order valence-corrected chi connectivity index (χ0v) is 15.4. The second-order valence-corrected chi connectivity index (χ2v) is 6.93. The third-order valence-electron chi connectivity index (χ3n) is 4.83. The highest BCUT2D eigenvalue weighted by atomic mass is 19.1. The van der Waals surface area contributed by atoms with Gasteiger partial charge in [0.05, 0.1) is 13.2 Å². The number of carbonyl (C=O) groups excluding carboxylic acids is 1. The fourth-order valence-electron chi connectivity index (χ4n) is 3.01. The smallest absolute Gasteiger partial charge is 0.241 e. The van der Waals surface area contributed by atoms with E-state index < -0.39 is 6.04 Å². The van der Waals surface area contributed by atoms with Crippen LogP contribution in [0.15, 0.2) is 42.5 Å². The molecule has 2 aromatic rings. The van der Waals surface area contributed by atoms with E-state index in [1.165, 1.54) is 6.07 Å². The average Bonchev–Trinajstić information content (AvgIpc) is 3.47. The van der Waals surface area contributed by atoms with Gasteiger partial charge < -0.3 is 10.1 Å². The van der Waals surface area contributed by atoms with E-state index in [-0.39, 0.29) is 17.8 Å². The number of methoxy groups -OCH3 is 1. The fourth-order valence-corrected chi connectivity index (χ4v) is 3.01. The lowest BCUT2D eigenvalue weighted by molar-refractivity contribution is -0.118. The Hall–Kier alpha value is -2.40. The van der Waals surface area contributed by atoms with Crippen molar-refractivity contribution in [2.45, 2.75) is 38.8 Å². The maximum Gasteiger partial charge on any atom is 0.241 e. The minimum absolute atomic E-state index is 0.122. The first-order chi connectivity index (χ1) is 12.5. The summed E-state index contributed by atoms with van der Waals surface area (Å²) in [7, 11) is 1.64. The summed E-state index contributed by atoms with van der Waals surface area (Å²) in [6, 6.07) is 12.4. The van der Waals surface area contributed by atoms with Crippen LogP contribution in [0, 0.1) is 18.7 Å². The van der Waals surface area contributed by atoms with Crippen molar-refractivity contribution in [3.05, 3.63) is 59.4 Å². The molecule has 138 valence electrons. The lowest BCUT2D eigenvalue weighted by atomic mass is 10.0. The first kappa shape index (κ1) is 18.4. The molecule has 0 radical (unpaired) electrons. The zero-order chi connectivity index (χ0) is 18.7. The van der Waals surface area contributed by atoms with Gasteiger partial charge in [0.25, 0.3) is 0 Å². The molecule has 26 heavy (non-hydrogen) atoms. The summed E-state index contributed by atoms with van der Waals surface area (Å²) in [5, 5.41) is 6.21.